The highest BCUT2D eigenvalue weighted by Crippen LogP contribution is 2.29. The Bertz CT molecular complexity index is 562. The van der Waals surface area contributed by atoms with E-state index < -0.39 is 0 Å². The van der Waals surface area contributed by atoms with Gasteiger partial charge in [0.25, 0.3) is 0 Å². The van der Waals surface area contributed by atoms with E-state index in [-0.39, 0.29) is 0 Å². The standard InChI is InChI=1S/C17H22BrNS/c1-4-8-19-16(11-17-15(18)7-9-20-17)14-6-5-12(2)13(3)10-14/h5-7,9-10,16,19H,4,8,11H2,1-3H3. The summed E-state index contributed by atoms with van der Waals surface area (Å²) in [6.07, 6.45) is 2.20. The van der Waals surface area contributed by atoms with Crippen LogP contribution in [0.25, 0.3) is 0 Å². The van der Waals surface area contributed by atoms with Gasteiger partial charge in [0.05, 0.1) is 0 Å². The SMILES string of the molecule is CCCNC(Cc1sccc1Br)c1ccc(C)c(C)c1. The van der Waals surface area contributed by atoms with Crippen LogP contribution < -0.4 is 5.32 Å². The molecule has 1 aromatic carbocycles. The molecule has 0 amide bonds. The minimum Gasteiger partial charge on any atom is -0.310 e. The second kappa shape index (κ2) is 7.39. The van der Waals surface area contributed by atoms with Gasteiger partial charge in [0.15, 0.2) is 0 Å². The molecule has 2 aromatic rings. The summed E-state index contributed by atoms with van der Waals surface area (Å²) in [5, 5.41) is 5.83. The molecule has 0 spiro atoms. The molecule has 1 nitrogen and oxygen atoms in total. The molecule has 0 saturated heterocycles. The second-order valence-corrected chi connectivity index (χ2v) is 7.10. The highest BCUT2D eigenvalue weighted by atomic mass is 79.9. The molecule has 1 N–H and O–H groups in total. The molecule has 1 aromatic heterocycles. The lowest BCUT2D eigenvalue weighted by molar-refractivity contribution is 0.531. The Morgan fingerprint density at radius 2 is 2.00 bits per heavy atom. The normalized spacial score (nSPS) is 12.6. The fourth-order valence-electron chi connectivity index (χ4n) is 2.26. The van der Waals surface area contributed by atoms with Crippen molar-refractivity contribution in [3.63, 3.8) is 0 Å². The van der Waals surface area contributed by atoms with E-state index in [9.17, 15) is 0 Å². The third-order valence-electron chi connectivity index (χ3n) is 3.65. The van der Waals surface area contributed by atoms with Crippen molar-refractivity contribution < 1.29 is 0 Å². The van der Waals surface area contributed by atoms with Crippen molar-refractivity contribution in [3.8, 4) is 0 Å². The summed E-state index contributed by atoms with van der Waals surface area (Å²) in [5.74, 6) is 0. The van der Waals surface area contributed by atoms with Crippen LogP contribution in [-0.2, 0) is 6.42 Å². The molecular formula is C17H22BrNS. The molecule has 1 heterocycles. The van der Waals surface area contributed by atoms with Crippen molar-refractivity contribution in [2.75, 3.05) is 6.54 Å². The average Bonchev–Trinajstić information content (AvgIpc) is 2.83. The van der Waals surface area contributed by atoms with Crippen molar-refractivity contribution in [1.29, 1.82) is 0 Å². The van der Waals surface area contributed by atoms with Crippen LogP contribution in [0.15, 0.2) is 34.1 Å². The molecule has 108 valence electrons. The van der Waals surface area contributed by atoms with Crippen molar-refractivity contribution in [3.05, 3.63) is 55.7 Å². The highest BCUT2D eigenvalue weighted by Gasteiger charge is 2.14. The molecule has 1 unspecified atom stereocenters. The number of halogens is 1. The summed E-state index contributed by atoms with van der Waals surface area (Å²) in [6, 6.07) is 9.34. The summed E-state index contributed by atoms with van der Waals surface area (Å²) >= 11 is 5.47. The maximum Gasteiger partial charge on any atom is 0.0369 e. The third-order valence-corrected chi connectivity index (χ3v) is 5.60. The summed E-state index contributed by atoms with van der Waals surface area (Å²) in [5.41, 5.74) is 4.12. The summed E-state index contributed by atoms with van der Waals surface area (Å²) in [7, 11) is 0. The van der Waals surface area contributed by atoms with Crippen LogP contribution >= 0.6 is 27.3 Å². The maximum atomic E-state index is 3.68. The summed E-state index contributed by atoms with van der Waals surface area (Å²) in [4.78, 5) is 1.41. The van der Waals surface area contributed by atoms with Crippen LogP contribution in [0.4, 0.5) is 0 Å². The molecule has 0 saturated carbocycles. The number of nitrogens with one attached hydrogen (secondary N) is 1. The number of rotatable bonds is 6. The monoisotopic (exact) mass is 351 g/mol. The third kappa shape index (κ3) is 3.94. The topological polar surface area (TPSA) is 12.0 Å². The quantitative estimate of drug-likeness (QED) is 0.733. The van der Waals surface area contributed by atoms with Crippen molar-refractivity contribution >= 4 is 27.3 Å². The largest absolute Gasteiger partial charge is 0.310 e. The first-order valence-corrected chi connectivity index (χ1v) is 8.81. The van der Waals surface area contributed by atoms with Crippen LogP contribution in [0.2, 0.25) is 0 Å². The average molecular weight is 352 g/mol. The Morgan fingerprint density at radius 1 is 1.20 bits per heavy atom. The molecule has 0 aliphatic heterocycles. The minimum atomic E-state index is 0.393. The molecule has 0 fully saturated rings. The van der Waals surface area contributed by atoms with Gasteiger partial charge in [0.1, 0.15) is 0 Å². The Balaban J connectivity index is 2.22. The zero-order valence-electron chi connectivity index (χ0n) is 12.4. The van der Waals surface area contributed by atoms with E-state index in [1.54, 1.807) is 0 Å². The van der Waals surface area contributed by atoms with Gasteiger partial charge in [0.2, 0.25) is 0 Å². The van der Waals surface area contributed by atoms with Gasteiger partial charge < -0.3 is 5.32 Å². The first-order valence-electron chi connectivity index (χ1n) is 7.14. The second-order valence-electron chi connectivity index (χ2n) is 5.25. The smallest absolute Gasteiger partial charge is 0.0369 e. The van der Waals surface area contributed by atoms with E-state index in [1.165, 1.54) is 26.0 Å². The Kier molecular flexibility index (Phi) is 5.82. The number of hydrogen-bond donors (Lipinski definition) is 1. The van der Waals surface area contributed by atoms with E-state index in [0.717, 1.165) is 19.4 Å². The predicted octanol–water partition coefficient (Wildman–Crippen LogP) is 5.41. The van der Waals surface area contributed by atoms with E-state index in [1.807, 2.05) is 11.3 Å². The molecule has 20 heavy (non-hydrogen) atoms. The van der Waals surface area contributed by atoms with Gasteiger partial charge in [-0.15, -0.1) is 11.3 Å². The Hall–Kier alpha value is -0.640. The fraction of sp³-hybridized carbons (Fsp3) is 0.412. The summed E-state index contributed by atoms with van der Waals surface area (Å²) < 4.78 is 1.23. The van der Waals surface area contributed by atoms with Crippen LogP contribution in [0, 0.1) is 13.8 Å². The first kappa shape index (κ1) is 15.7. The van der Waals surface area contributed by atoms with Crippen molar-refractivity contribution in [2.45, 2.75) is 39.7 Å². The zero-order chi connectivity index (χ0) is 14.5. The zero-order valence-corrected chi connectivity index (χ0v) is 14.8. The molecule has 0 aliphatic rings. The first-order chi connectivity index (χ1) is 9.61. The van der Waals surface area contributed by atoms with Crippen LogP contribution in [0.3, 0.4) is 0 Å². The summed E-state index contributed by atoms with van der Waals surface area (Å²) in [6.45, 7) is 7.63. The number of aryl methyl sites for hydroxylation is 2. The van der Waals surface area contributed by atoms with Gasteiger partial charge in [-0.2, -0.15) is 0 Å². The molecule has 0 aliphatic carbocycles. The van der Waals surface area contributed by atoms with Crippen molar-refractivity contribution in [2.24, 2.45) is 0 Å². The van der Waals surface area contributed by atoms with Gasteiger partial charge in [-0.05, 0) is 70.9 Å². The van der Waals surface area contributed by atoms with Gasteiger partial charge in [-0.1, -0.05) is 25.1 Å². The van der Waals surface area contributed by atoms with Gasteiger partial charge >= 0.3 is 0 Å². The number of thiophene rings is 1. The number of benzene rings is 1. The van der Waals surface area contributed by atoms with Crippen molar-refractivity contribution in [1.82, 2.24) is 5.32 Å². The Labute approximate surface area is 134 Å². The lowest BCUT2D eigenvalue weighted by Crippen LogP contribution is -2.24. The fourth-order valence-corrected chi connectivity index (χ4v) is 3.83. The van der Waals surface area contributed by atoms with E-state index in [0.29, 0.717) is 6.04 Å². The van der Waals surface area contributed by atoms with Gasteiger partial charge in [-0.3, -0.25) is 0 Å². The molecule has 0 bridgehead atoms. The predicted molar refractivity (Wildman–Crippen MR) is 92.7 cm³/mol. The molecule has 2 rings (SSSR count). The van der Waals surface area contributed by atoms with Crippen LogP contribution in [0.5, 0.6) is 0 Å². The van der Waals surface area contributed by atoms with Crippen LogP contribution in [0.1, 0.15) is 41.0 Å². The van der Waals surface area contributed by atoms with Crippen LogP contribution in [-0.4, -0.2) is 6.54 Å². The highest BCUT2D eigenvalue weighted by molar-refractivity contribution is 9.10. The lowest BCUT2D eigenvalue weighted by atomic mass is 9.98. The van der Waals surface area contributed by atoms with E-state index in [4.69, 9.17) is 0 Å². The van der Waals surface area contributed by atoms with E-state index >= 15 is 0 Å². The van der Waals surface area contributed by atoms with Gasteiger partial charge in [-0.25, -0.2) is 0 Å². The van der Waals surface area contributed by atoms with Gasteiger partial charge in [0, 0.05) is 21.8 Å². The molecule has 0 radical (unpaired) electrons. The Morgan fingerprint density at radius 3 is 2.60 bits per heavy atom. The molecule has 1 atom stereocenters. The molecule has 3 heteroatoms. The maximum absolute atomic E-state index is 3.68. The van der Waals surface area contributed by atoms with E-state index in [2.05, 4.69) is 71.7 Å². The minimum absolute atomic E-state index is 0.393. The lowest BCUT2D eigenvalue weighted by Gasteiger charge is -2.20. The molecular weight excluding hydrogens is 330 g/mol. The number of hydrogen-bond acceptors (Lipinski definition) is 2.